The Bertz CT molecular complexity index is 1260. The van der Waals surface area contributed by atoms with Crippen LogP contribution >= 0.6 is 15.9 Å². The molecular formula is C24H25BrN2O6. The number of ether oxygens (including phenoxy) is 3. The number of likely N-dealkylation sites (N-methyl/N-ethyl adjacent to an activating group) is 1. The van der Waals surface area contributed by atoms with Crippen molar-refractivity contribution in [2.45, 2.75) is 6.04 Å². The lowest BCUT2D eigenvalue weighted by molar-refractivity contribution is 0.0716. The smallest absolute Gasteiger partial charge is 0.290 e. The third-order valence-electron chi connectivity index (χ3n) is 5.72. The lowest BCUT2D eigenvalue weighted by Crippen LogP contribution is -2.35. The number of carbonyl (C=O) groups excluding carboxylic acids is 1. The van der Waals surface area contributed by atoms with Gasteiger partial charge in [-0.1, -0.05) is 15.9 Å². The van der Waals surface area contributed by atoms with Crippen LogP contribution in [-0.2, 0) is 0 Å². The van der Waals surface area contributed by atoms with E-state index in [4.69, 9.17) is 18.6 Å². The van der Waals surface area contributed by atoms with Crippen LogP contribution in [0.2, 0.25) is 0 Å². The molecule has 1 aromatic heterocycles. The van der Waals surface area contributed by atoms with Crippen molar-refractivity contribution >= 4 is 32.8 Å². The fourth-order valence-electron chi connectivity index (χ4n) is 4.14. The van der Waals surface area contributed by atoms with Crippen LogP contribution in [-0.4, -0.2) is 64.2 Å². The van der Waals surface area contributed by atoms with Crippen LogP contribution in [0.4, 0.5) is 0 Å². The zero-order valence-corrected chi connectivity index (χ0v) is 20.7. The van der Waals surface area contributed by atoms with E-state index in [1.54, 1.807) is 35.2 Å². The summed E-state index contributed by atoms with van der Waals surface area (Å²) in [5.74, 6) is 1.05. The maximum atomic E-state index is 13.7. The molecule has 0 spiro atoms. The van der Waals surface area contributed by atoms with Gasteiger partial charge >= 0.3 is 0 Å². The zero-order chi connectivity index (χ0) is 23.9. The van der Waals surface area contributed by atoms with Gasteiger partial charge in [0.05, 0.1) is 38.3 Å². The molecule has 4 rings (SSSR count). The monoisotopic (exact) mass is 516 g/mol. The van der Waals surface area contributed by atoms with Crippen molar-refractivity contribution in [2.75, 3.05) is 48.5 Å². The van der Waals surface area contributed by atoms with E-state index in [0.717, 1.165) is 4.47 Å². The van der Waals surface area contributed by atoms with Crippen LogP contribution in [0.3, 0.4) is 0 Å². The van der Waals surface area contributed by atoms with E-state index in [1.165, 1.54) is 21.3 Å². The molecule has 0 saturated heterocycles. The Morgan fingerprint density at radius 2 is 1.70 bits per heavy atom. The Morgan fingerprint density at radius 3 is 2.27 bits per heavy atom. The highest BCUT2D eigenvalue weighted by Crippen LogP contribution is 2.45. The molecule has 3 aromatic rings. The molecule has 1 aliphatic rings. The second kappa shape index (κ2) is 9.07. The summed E-state index contributed by atoms with van der Waals surface area (Å²) < 4.78 is 23.2. The highest BCUT2D eigenvalue weighted by molar-refractivity contribution is 9.10. The second-order valence-corrected chi connectivity index (χ2v) is 8.89. The third-order valence-corrected chi connectivity index (χ3v) is 6.21. The highest BCUT2D eigenvalue weighted by atomic mass is 79.9. The Hall–Kier alpha value is -3.04. The van der Waals surface area contributed by atoms with Gasteiger partial charge in [0.15, 0.2) is 16.9 Å². The molecule has 0 radical (unpaired) electrons. The highest BCUT2D eigenvalue weighted by Gasteiger charge is 2.43. The number of carbonyl (C=O) groups is 1. The number of nitrogens with zero attached hydrogens (tertiary/aromatic N) is 2. The summed E-state index contributed by atoms with van der Waals surface area (Å²) in [6, 6.07) is 8.04. The topological polar surface area (TPSA) is 81.5 Å². The normalized spacial score (nSPS) is 15.3. The first-order chi connectivity index (χ1) is 15.8. The van der Waals surface area contributed by atoms with Gasteiger partial charge in [-0.25, -0.2) is 0 Å². The first-order valence-electron chi connectivity index (χ1n) is 10.3. The minimum atomic E-state index is -0.666. The van der Waals surface area contributed by atoms with E-state index in [0.29, 0.717) is 52.4 Å². The van der Waals surface area contributed by atoms with Gasteiger partial charge in [-0.3, -0.25) is 9.59 Å². The molecule has 0 fully saturated rings. The van der Waals surface area contributed by atoms with E-state index >= 15 is 0 Å². The van der Waals surface area contributed by atoms with Crippen LogP contribution in [0.5, 0.6) is 17.2 Å². The van der Waals surface area contributed by atoms with Gasteiger partial charge in [0.25, 0.3) is 5.91 Å². The van der Waals surface area contributed by atoms with E-state index in [2.05, 4.69) is 15.9 Å². The van der Waals surface area contributed by atoms with Crippen molar-refractivity contribution in [3.05, 3.63) is 61.9 Å². The van der Waals surface area contributed by atoms with Crippen molar-refractivity contribution in [2.24, 2.45) is 0 Å². The lowest BCUT2D eigenvalue weighted by Gasteiger charge is -2.27. The maximum Gasteiger partial charge on any atom is 0.290 e. The molecule has 1 atom stereocenters. The number of benzene rings is 2. The minimum Gasteiger partial charge on any atom is -0.493 e. The van der Waals surface area contributed by atoms with Crippen molar-refractivity contribution in [1.29, 1.82) is 0 Å². The number of hydrogen-bond donors (Lipinski definition) is 0. The Labute approximate surface area is 199 Å². The summed E-state index contributed by atoms with van der Waals surface area (Å²) in [6.07, 6.45) is 0. The first-order valence-corrected chi connectivity index (χ1v) is 11.1. The van der Waals surface area contributed by atoms with Crippen molar-refractivity contribution in [3.63, 3.8) is 0 Å². The third kappa shape index (κ3) is 3.95. The average Bonchev–Trinajstić information content (AvgIpc) is 3.08. The van der Waals surface area contributed by atoms with Gasteiger partial charge in [-0.2, -0.15) is 0 Å². The molecule has 174 valence electrons. The molecule has 1 amide bonds. The quantitative estimate of drug-likeness (QED) is 0.473. The van der Waals surface area contributed by atoms with Crippen molar-refractivity contribution in [3.8, 4) is 17.2 Å². The fraction of sp³-hybridized carbons (Fsp3) is 0.333. The molecule has 0 saturated carbocycles. The van der Waals surface area contributed by atoms with Crippen LogP contribution in [0.25, 0.3) is 11.0 Å². The Kier molecular flexibility index (Phi) is 6.36. The standard InChI is InChI=1S/C24H25BrN2O6/c1-26(2)8-9-27-20(13-10-17(30-3)22(32-5)18(11-13)31-4)19-21(28)15-12-14(25)6-7-16(15)33-23(19)24(27)29/h6-7,10-12,20H,8-9H2,1-5H3. The van der Waals surface area contributed by atoms with E-state index < -0.39 is 6.04 Å². The summed E-state index contributed by atoms with van der Waals surface area (Å²) in [7, 11) is 8.43. The van der Waals surface area contributed by atoms with E-state index in [1.807, 2.05) is 19.0 Å². The summed E-state index contributed by atoms with van der Waals surface area (Å²) >= 11 is 3.42. The number of hydrogen-bond acceptors (Lipinski definition) is 7. The Morgan fingerprint density at radius 1 is 1.03 bits per heavy atom. The summed E-state index contributed by atoms with van der Waals surface area (Å²) in [4.78, 5) is 30.8. The second-order valence-electron chi connectivity index (χ2n) is 7.98. The SMILES string of the molecule is COc1cc(C2c3c(oc4ccc(Br)cc4c3=O)C(=O)N2CCN(C)C)cc(OC)c1OC. The fourth-order valence-corrected chi connectivity index (χ4v) is 4.50. The molecule has 0 bridgehead atoms. The Balaban J connectivity index is 1.99. The predicted octanol–water partition coefficient (Wildman–Crippen LogP) is 3.69. The van der Waals surface area contributed by atoms with Gasteiger partial charge in [0, 0.05) is 17.6 Å². The van der Waals surface area contributed by atoms with Crippen LogP contribution in [0.1, 0.15) is 27.7 Å². The van der Waals surface area contributed by atoms with Crippen LogP contribution in [0.15, 0.2) is 44.0 Å². The molecule has 0 N–H and O–H groups in total. The van der Waals surface area contributed by atoms with Gasteiger partial charge in [-0.15, -0.1) is 0 Å². The molecule has 1 aliphatic heterocycles. The molecule has 2 heterocycles. The van der Waals surface area contributed by atoms with Gasteiger partial charge in [0.1, 0.15) is 5.58 Å². The van der Waals surface area contributed by atoms with Crippen molar-refractivity contribution < 1.29 is 23.4 Å². The predicted molar refractivity (Wildman–Crippen MR) is 128 cm³/mol. The summed E-state index contributed by atoms with van der Waals surface area (Å²) in [6.45, 7) is 1.01. The van der Waals surface area contributed by atoms with Crippen molar-refractivity contribution in [1.82, 2.24) is 9.80 Å². The molecular weight excluding hydrogens is 492 g/mol. The molecule has 9 heteroatoms. The number of fused-ring (bicyclic) bond motifs is 2. The average molecular weight is 517 g/mol. The van der Waals surface area contributed by atoms with Crippen LogP contribution < -0.4 is 19.6 Å². The summed E-state index contributed by atoms with van der Waals surface area (Å²) in [5.41, 5.74) is 1.09. The van der Waals surface area contributed by atoms with Crippen LogP contribution in [0, 0.1) is 0 Å². The van der Waals surface area contributed by atoms with Gasteiger partial charge in [-0.05, 0) is 50.0 Å². The first kappa shape index (κ1) is 23.1. The molecule has 2 aromatic carbocycles. The zero-order valence-electron chi connectivity index (χ0n) is 19.1. The molecule has 1 unspecified atom stereocenters. The minimum absolute atomic E-state index is 0.0623. The van der Waals surface area contributed by atoms with E-state index in [-0.39, 0.29) is 17.1 Å². The number of halogens is 1. The van der Waals surface area contributed by atoms with Gasteiger partial charge in [0.2, 0.25) is 11.5 Å². The lowest BCUT2D eigenvalue weighted by atomic mass is 9.97. The molecule has 8 nitrogen and oxygen atoms in total. The largest absolute Gasteiger partial charge is 0.493 e. The molecule has 0 aliphatic carbocycles. The van der Waals surface area contributed by atoms with E-state index in [9.17, 15) is 9.59 Å². The maximum absolute atomic E-state index is 13.7. The number of rotatable bonds is 7. The number of amides is 1. The van der Waals surface area contributed by atoms with Gasteiger partial charge < -0.3 is 28.4 Å². The summed E-state index contributed by atoms with van der Waals surface area (Å²) in [5, 5.41) is 0.405. The number of methoxy groups -OCH3 is 3. The molecule has 33 heavy (non-hydrogen) atoms.